The van der Waals surface area contributed by atoms with Crippen molar-refractivity contribution < 1.29 is 19.1 Å². The van der Waals surface area contributed by atoms with Gasteiger partial charge in [-0.05, 0) is 0 Å². The minimum atomic E-state index is -1.42. The normalized spacial score (nSPS) is 9.94. The van der Waals surface area contributed by atoms with E-state index in [1.807, 2.05) is 0 Å². The summed E-state index contributed by atoms with van der Waals surface area (Å²) in [6.45, 7) is -1.23. The summed E-state index contributed by atoms with van der Waals surface area (Å²) in [4.78, 5) is 18.1. The number of carboxylic acids is 1. The zero-order valence-electron chi connectivity index (χ0n) is 7.49. The molecule has 11 heteroatoms. The smallest absolute Gasteiger partial charge is 0.362 e. The Labute approximate surface area is 105 Å². The predicted molar refractivity (Wildman–Crippen MR) is 60.1 cm³/mol. The van der Waals surface area contributed by atoms with E-state index in [0.717, 1.165) is 11.5 Å². The average molecular weight is 293 g/mol. The molecule has 92 valence electrons. The van der Waals surface area contributed by atoms with E-state index in [1.165, 1.54) is 0 Å². The van der Waals surface area contributed by atoms with Crippen molar-refractivity contribution in [2.45, 2.75) is 0 Å². The van der Waals surface area contributed by atoms with Crippen LogP contribution in [0.1, 0.15) is 5.82 Å². The van der Waals surface area contributed by atoms with Crippen molar-refractivity contribution in [1.29, 1.82) is 0 Å². The molecule has 1 heterocycles. The fourth-order valence-electron chi connectivity index (χ4n) is 0.596. The Balaban J connectivity index is 0. The quantitative estimate of drug-likeness (QED) is 0.624. The van der Waals surface area contributed by atoms with Gasteiger partial charge in [-0.25, -0.2) is 9.18 Å². The number of hydrogen-bond donors (Lipinski definition) is 2. The first-order valence-corrected chi connectivity index (χ1v) is 4.01. The second-order valence-electron chi connectivity index (χ2n) is 1.94. The molecule has 1 aromatic rings. The number of nitrogens with zero attached hydrogens (tertiary/aromatic N) is 3. The average Bonchev–Trinajstić information content (AvgIpc) is 2.52. The maximum absolute atomic E-state index is 11.6. The van der Waals surface area contributed by atoms with Gasteiger partial charge in [-0.2, -0.15) is 9.36 Å². The maximum atomic E-state index is 11.6. The minimum Gasteiger partial charge on any atom is -0.476 e. The highest BCUT2D eigenvalue weighted by Crippen LogP contribution is 2.07. The highest BCUT2D eigenvalue weighted by molar-refractivity contribution is 7.09. The van der Waals surface area contributed by atoms with Gasteiger partial charge >= 0.3 is 5.97 Å². The highest BCUT2D eigenvalue weighted by atomic mass is 35.5. The number of oxime groups is 1. The second kappa shape index (κ2) is 8.02. The molecule has 0 radical (unpaired) electrons. The lowest BCUT2D eigenvalue weighted by molar-refractivity contribution is -0.129. The van der Waals surface area contributed by atoms with Crippen LogP contribution in [0.5, 0.6) is 0 Å². The number of aliphatic carboxylic acids is 1. The summed E-state index contributed by atoms with van der Waals surface area (Å²) in [6.07, 6.45) is 0. The van der Waals surface area contributed by atoms with E-state index < -0.39 is 18.5 Å². The zero-order valence-corrected chi connectivity index (χ0v) is 9.94. The molecule has 0 amide bonds. The predicted octanol–water partition coefficient (Wildman–Crippen LogP) is 0.696. The standard InChI is InChI=1S/C5H5FN4O3S.2ClH/c6-1-13-9-2(4(11)12)3-8-5(7)14-10-3;;/h1H2,(H,11,12)(H2,7,8,10);2*1H. The maximum Gasteiger partial charge on any atom is 0.362 e. The third kappa shape index (κ3) is 4.55. The van der Waals surface area contributed by atoms with Crippen LogP contribution in [-0.2, 0) is 9.63 Å². The van der Waals surface area contributed by atoms with Gasteiger partial charge in [0, 0.05) is 11.5 Å². The molecule has 0 spiro atoms. The van der Waals surface area contributed by atoms with Gasteiger partial charge in [0.1, 0.15) is 0 Å². The Kier molecular flexibility index (Phi) is 8.63. The molecular formula is C5H7Cl2FN4O3S. The molecule has 1 aromatic heterocycles. The third-order valence-corrected chi connectivity index (χ3v) is 1.60. The van der Waals surface area contributed by atoms with Crippen molar-refractivity contribution >= 4 is 53.2 Å². The van der Waals surface area contributed by atoms with Crippen LogP contribution in [-0.4, -0.2) is 33.0 Å². The van der Waals surface area contributed by atoms with E-state index in [2.05, 4.69) is 19.4 Å². The van der Waals surface area contributed by atoms with Crippen LogP contribution in [0.15, 0.2) is 5.16 Å². The van der Waals surface area contributed by atoms with Crippen LogP contribution in [0, 0.1) is 0 Å². The first kappa shape index (κ1) is 17.2. The Morgan fingerprint density at radius 3 is 2.62 bits per heavy atom. The SMILES string of the molecule is Cl.Cl.Nc1nc(C(=NOCF)C(=O)O)ns1. The number of aromatic nitrogens is 2. The number of rotatable bonds is 4. The van der Waals surface area contributed by atoms with Gasteiger partial charge in [0.25, 0.3) is 6.86 Å². The molecule has 0 aliphatic heterocycles. The van der Waals surface area contributed by atoms with Gasteiger partial charge in [-0.1, -0.05) is 5.16 Å². The number of carboxylic acid groups (broad SMARTS) is 1. The molecule has 0 fully saturated rings. The number of alkyl halides is 1. The summed E-state index contributed by atoms with van der Waals surface area (Å²) in [5.41, 5.74) is 4.64. The molecule has 0 aromatic carbocycles. The Morgan fingerprint density at radius 2 is 2.25 bits per heavy atom. The van der Waals surface area contributed by atoms with Gasteiger partial charge < -0.3 is 15.7 Å². The minimum absolute atomic E-state index is 0. The van der Waals surface area contributed by atoms with Gasteiger partial charge in [-0.15, -0.1) is 24.8 Å². The molecular weight excluding hydrogens is 286 g/mol. The summed E-state index contributed by atoms with van der Waals surface area (Å²) in [5.74, 6) is -1.62. The summed E-state index contributed by atoms with van der Waals surface area (Å²) in [6, 6.07) is 0. The largest absolute Gasteiger partial charge is 0.476 e. The van der Waals surface area contributed by atoms with Gasteiger partial charge in [0.15, 0.2) is 5.13 Å². The first-order chi connectivity index (χ1) is 6.65. The van der Waals surface area contributed by atoms with Gasteiger partial charge in [0.2, 0.25) is 11.5 Å². The molecule has 0 bridgehead atoms. The van der Waals surface area contributed by atoms with E-state index >= 15 is 0 Å². The molecule has 16 heavy (non-hydrogen) atoms. The van der Waals surface area contributed by atoms with Crippen LogP contribution >= 0.6 is 36.3 Å². The van der Waals surface area contributed by atoms with Crippen molar-refractivity contribution in [3.05, 3.63) is 5.82 Å². The number of halogens is 3. The second-order valence-corrected chi connectivity index (χ2v) is 2.72. The van der Waals surface area contributed by atoms with Crippen molar-refractivity contribution in [1.82, 2.24) is 9.36 Å². The monoisotopic (exact) mass is 292 g/mol. The Bertz CT molecular complexity index is 374. The van der Waals surface area contributed by atoms with Crippen molar-refractivity contribution in [2.75, 3.05) is 12.6 Å². The molecule has 0 aliphatic rings. The van der Waals surface area contributed by atoms with E-state index in [-0.39, 0.29) is 35.8 Å². The van der Waals surface area contributed by atoms with E-state index in [1.54, 1.807) is 0 Å². The zero-order chi connectivity index (χ0) is 10.6. The highest BCUT2D eigenvalue weighted by Gasteiger charge is 2.18. The molecule has 0 saturated heterocycles. The number of carbonyl (C=O) groups is 1. The van der Waals surface area contributed by atoms with E-state index in [4.69, 9.17) is 10.8 Å². The summed E-state index contributed by atoms with van der Waals surface area (Å²) < 4.78 is 15.1. The first-order valence-electron chi connectivity index (χ1n) is 3.24. The molecule has 1 rings (SSSR count). The van der Waals surface area contributed by atoms with E-state index in [0.29, 0.717) is 0 Å². The molecule has 3 N–H and O–H groups in total. The van der Waals surface area contributed by atoms with Crippen molar-refractivity contribution in [3.8, 4) is 0 Å². The topological polar surface area (TPSA) is 111 Å². The molecule has 0 aliphatic carbocycles. The van der Waals surface area contributed by atoms with Crippen molar-refractivity contribution in [3.63, 3.8) is 0 Å². The number of nitrogens with two attached hydrogens (primary N) is 1. The summed E-state index contributed by atoms with van der Waals surface area (Å²) in [5, 5.41) is 11.7. The van der Waals surface area contributed by atoms with Crippen molar-refractivity contribution in [2.24, 2.45) is 5.16 Å². The summed E-state index contributed by atoms with van der Waals surface area (Å²) in [7, 11) is 0. The van der Waals surface area contributed by atoms with Crippen LogP contribution in [0.4, 0.5) is 9.52 Å². The molecule has 0 atom stereocenters. The van der Waals surface area contributed by atoms with Gasteiger partial charge in [0.05, 0.1) is 0 Å². The Hall–Kier alpha value is -1.19. The molecule has 0 unspecified atom stereocenters. The fraction of sp³-hybridized carbons (Fsp3) is 0.200. The van der Waals surface area contributed by atoms with E-state index in [9.17, 15) is 9.18 Å². The van der Waals surface area contributed by atoms with Crippen LogP contribution in [0.25, 0.3) is 0 Å². The summed E-state index contributed by atoms with van der Waals surface area (Å²) >= 11 is 0.807. The fourth-order valence-corrected chi connectivity index (χ4v) is 1.03. The number of anilines is 1. The lowest BCUT2D eigenvalue weighted by Crippen LogP contribution is -2.16. The molecule has 0 saturated carbocycles. The van der Waals surface area contributed by atoms with Crippen LogP contribution < -0.4 is 5.73 Å². The van der Waals surface area contributed by atoms with Crippen LogP contribution in [0.3, 0.4) is 0 Å². The molecule has 7 nitrogen and oxygen atoms in total. The number of hydrogen-bond acceptors (Lipinski definition) is 7. The van der Waals surface area contributed by atoms with Crippen LogP contribution in [0.2, 0.25) is 0 Å². The third-order valence-electron chi connectivity index (χ3n) is 1.06. The lowest BCUT2D eigenvalue weighted by Gasteiger charge is -1.94. The number of nitrogen functional groups attached to an aromatic ring is 1. The Morgan fingerprint density at radius 1 is 1.62 bits per heavy atom. The lowest BCUT2D eigenvalue weighted by atomic mass is 10.4. The van der Waals surface area contributed by atoms with Gasteiger partial charge in [-0.3, -0.25) is 0 Å².